The normalized spacial score (nSPS) is 11.9. The molecule has 0 aliphatic carbocycles. The van der Waals surface area contributed by atoms with E-state index in [0.29, 0.717) is 0 Å². The summed E-state index contributed by atoms with van der Waals surface area (Å²) in [6.45, 7) is 1.65. The fourth-order valence-corrected chi connectivity index (χ4v) is 0.887. The molecule has 1 atom stereocenters. The lowest BCUT2D eigenvalue weighted by Crippen LogP contribution is -2.20. The summed E-state index contributed by atoms with van der Waals surface area (Å²) < 4.78 is 8.77. The molecule has 0 heterocycles. The van der Waals surface area contributed by atoms with Crippen LogP contribution in [0.4, 0.5) is 0 Å². The van der Waals surface area contributed by atoms with Gasteiger partial charge in [0.05, 0.1) is 6.61 Å². The van der Waals surface area contributed by atoms with E-state index in [4.69, 9.17) is 0 Å². The first-order chi connectivity index (χ1) is 6.11. The molecule has 0 fully saturated rings. The molecule has 0 N–H and O–H groups in total. The SMILES string of the molecule is CCOC(=O)COC(=O)C(Br)SC. The maximum absolute atomic E-state index is 11.0. The average molecular weight is 271 g/mol. The van der Waals surface area contributed by atoms with Gasteiger partial charge in [-0.3, -0.25) is 0 Å². The van der Waals surface area contributed by atoms with Crippen LogP contribution in [0.15, 0.2) is 0 Å². The van der Waals surface area contributed by atoms with Crippen molar-refractivity contribution in [1.29, 1.82) is 0 Å². The third-order valence-electron chi connectivity index (χ3n) is 1.03. The molecule has 0 aliphatic rings. The van der Waals surface area contributed by atoms with Crippen molar-refractivity contribution in [2.75, 3.05) is 19.5 Å². The second kappa shape index (κ2) is 7.20. The van der Waals surface area contributed by atoms with Gasteiger partial charge in [0.1, 0.15) is 0 Å². The molecule has 0 rings (SSSR count). The molecule has 13 heavy (non-hydrogen) atoms. The van der Waals surface area contributed by atoms with E-state index in [9.17, 15) is 9.59 Å². The molecule has 0 saturated carbocycles. The van der Waals surface area contributed by atoms with Crippen LogP contribution in [-0.4, -0.2) is 35.6 Å². The topological polar surface area (TPSA) is 52.6 Å². The number of hydrogen-bond acceptors (Lipinski definition) is 5. The molecule has 0 saturated heterocycles. The number of halogens is 1. The number of rotatable bonds is 5. The van der Waals surface area contributed by atoms with E-state index >= 15 is 0 Å². The molecule has 6 heteroatoms. The van der Waals surface area contributed by atoms with Gasteiger partial charge >= 0.3 is 11.9 Å². The Morgan fingerprint density at radius 1 is 1.46 bits per heavy atom. The Hall–Kier alpha value is -0.230. The van der Waals surface area contributed by atoms with Crippen LogP contribution in [0.3, 0.4) is 0 Å². The minimum atomic E-state index is -0.531. The zero-order chi connectivity index (χ0) is 10.3. The second-order valence-electron chi connectivity index (χ2n) is 1.96. The van der Waals surface area contributed by atoms with E-state index < -0.39 is 16.1 Å². The van der Waals surface area contributed by atoms with Crippen LogP contribution in [0, 0.1) is 0 Å². The number of thioether (sulfide) groups is 1. The molecular formula is C7H11BrO4S. The molecule has 0 bridgehead atoms. The molecule has 76 valence electrons. The van der Waals surface area contributed by atoms with E-state index in [1.165, 1.54) is 11.8 Å². The number of carbonyl (C=O) groups excluding carboxylic acids is 2. The first kappa shape index (κ1) is 12.8. The van der Waals surface area contributed by atoms with Gasteiger partial charge in [-0.2, -0.15) is 0 Å². The van der Waals surface area contributed by atoms with Crippen molar-refractivity contribution < 1.29 is 19.1 Å². The lowest BCUT2D eigenvalue weighted by molar-refractivity contribution is -0.157. The van der Waals surface area contributed by atoms with Gasteiger partial charge in [-0.1, -0.05) is 15.9 Å². The number of alkyl halides is 1. The van der Waals surface area contributed by atoms with Gasteiger partial charge in [0, 0.05) is 0 Å². The van der Waals surface area contributed by atoms with Crippen molar-refractivity contribution in [1.82, 2.24) is 0 Å². The van der Waals surface area contributed by atoms with Gasteiger partial charge in [-0.05, 0) is 13.2 Å². The van der Waals surface area contributed by atoms with Gasteiger partial charge in [0.2, 0.25) is 0 Å². The molecule has 1 unspecified atom stereocenters. The summed E-state index contributed by atoms with van der Waals surface area (Å²) in [6, 6.07) is 0. The Labute approximate surface area is 89.5 Å². The highest BCUT2D eigenvalue weighted by molar-refractivity contribution is 9.11. The molecule has 0 spiro atoms. The Balaban J connectivity index is 3.63. The molecule has 0 radical (unpaired) electrons. The second-order valence-corrected chi connectivity index (χ2v) is 4.43. The molecule has 0 aromatic heterocycles. The van der Waals surface area contributed by atoms with Crippen molar-refractivity contribution >= 4 is 39.6 Å². The minimum absolute atomic E-state index is 0.288. The van der Waals surface area contributed by atoms with E-state index in [0.717, 1.165) is 0 Å². The Morgan fingerprint density at radius 3 is 2.54 bits per heavy atom. The summed E-state index contributed by atoms with van der Waals surface area (Å²) in [6.07, 6.45) is 1.76. The van der Waals surface area contributed by atoms with Crippen LogP contribution >= 0.6 is 27.7 Å². The van der Waals surface area contributed by atoms with E-state index in [-0.39, 0.29) is 13.2 Å². The lowest BCUT2D eigenvalue weighted by Gasteiger charge is -2.06. The van der Waals surface area contributed by atoms with Gasteiger partial charge < -0.3 is 9.47 Å². The number of esters is 2. The van der Waals surface area contributed by atoms with E-state index in [1.807, 2.05) is 0 Å². The third-order valence-corrected chi connectivity index (χ3v) is 3.13. The molecule has 0 aliphatic heterocycles. The van der Waals surface area contributed by atoms with Crippen LogP contribution in [0.25, 0.3) is 0 Å². The standard InChI is InChI=1S/C7H11BrO4S/c1-3-11-5(9)4-12-7(10)6(8)13-2/h6H,3-4H2,1-2H3. The Morgan fingerprint density at radius 2 is 2.08 bits per heavy atom. The Kier molecular flexibility index (Phi) is 7.07. The molecule has 0 amide bonds. The minimum Gasteiger partial charge on any atom is -0.463 e. The molecule has 4 nitrogen and oxygen atoms in total. The predicted octanol–water partition coefficient (Wildman–Crippen LogP) is 1.18. The first-order valence-corrected chi connectivity index (χ1v) is 5.81. The molecular weight excluding hydrogens is 260 g/mol. The van der Waals surface area contributed by atoms with Crippen molar-refractivity contribution in [3.8, 4) is 0 Å². The van der Waals surface area contributed by atoms with Crippen molar-refractivity contribution in [2.45, 2.75) is 11.1 Å². The van der Waals surface area contributed by atoms with Crippen molar-refractivity contribution in [2.24, 2.45) is 0 Å². The highest BCUT2D eigenvalue weighted by Crippen LogP contribution is 2.14. The monoisotopic (exact) mass is 270 g/mol. The molecule has 0 aromatic rings. The zero-order valence-corrected chi connectivity index (χ0v) is 9.81. The summed E-state index contributed by atoms with van der Waals surface area (Å²) in [4.78, 5) is 21.7. The maximum Gasteiger partial charge on any atom is 0.344 e. The lowest BCUT2D eigenvalue weighted by atomic mass is 10.7. The van der Waals surface area contributed by atoms with E-state index in [1.54, 1.807) is 13.2 Å². The summed E-state index contributed by atoms with van der Waals surface area (Å²) in [5.41, 5.74) is 0. The van der Waals surface area contributed by atoms with Crippen molar-refractivity contribution in [3.63, 3.8) is 0 Å². The quantitative estimate of drug-likeness (QED) is 0.555. The van der Waals surface area contributed by atoms with Gasteiger partial charge in [-0.15, -0.1) is 11.8 Å². The van der Waals surface area contributed by atoms with Crippen LogP contribution in [0.5, 0.6) is 0 Å². The first-order valence-electron chi connectivity index (χ1n) is 3.61. The summed E-state index contributed by atoms with van der Waals surface area (Å²) >= 11 is 4.36. The van der Waals surface area contributed by atoms with Gasteiger partial charge in [0.25, 0.3) is 0 Å². The largest absolute Gasteiger partial charge is 0.463 e. The number of hydrogen-bond donors (Lipinski definition) is 0. The fraction of sp³-hybridized carbons (Fsp3) is 0.714. The number of carbonyl (C=O) groups is 2. The van der Waals surface area contributed by atoms with Crippen LogP contribution in [0.1, 0.15) is 6.92 Å². The summed E-state index contributed by atoms with van der Waals surface area (Å²) in [5.74, 6) is -1.00. The van der Waals surface area contributed by atoms with E-state index in [2.05, 4.69) is 25.4 Å². The maximum atomic E-state index is 11.0. The Bertz CT molecular complexity index is 185. The number of ether oxygens (including phenoxy) is 2. The third kappa shape index (κ3) is 5.93. The zero-order valence-electron chi connectivity index (χ0n) is 7.41. The summed E-state index contributed by atoms with van der Waals surface area (Å²) in [7, 11) is 0. The molecule has 0 aromatic carbocycles. The van der Waals surface area contributed by atoms with Gasteiger partial charge in [-0.25, -0.2) is 9.59 Å². The van der Waals surface area contributed by atoms with Crippen LogP contribution in [-0.2, 0) is 19.1 Å². The summed E-state index contributed by atoms with van der Waals surface area (Å²) in [5, 5.41) is 0. The highest BCUT2D eigenvalue weighted by Gasteiger charge is 2.16. The average Bonchev–Trinajstić information content (AvgIpc) is 2.13. The van der Waals surface area contributed by atoms with Crippen LogP contribution < -0.4 is 0 Å². The van der Waals surface area contributed by atoms with Crippen LogP contribution in [0.2, 0.25) is 0 Å². The predicted molar refractivity (Wildman–Crippen MR) is 53.8 cm³/mol. The smallest absolute Gasteiger partial charge is 0.344 e. The van der Waals surface area contributed by atoms with Gasteiger partial charge in [0.15, 0.2) is 10.8 Å². The van der Waals surface area contributed by atoms with Crippen molar-refractivity contribution in [3.05, 3.63) is 0 Å². The fourth-order valence-electron chi connectivity index (χ4n) is 0.494. The highest BCUT2D eigenvalue weighted by atomic mass is 79.9.